The normalized spacial score (nSPS) is 18.7. The summed E-state index contributed by atoms with van der Waals surface area (Å²) in [4.78, 5) is 0.173. The van der Waals surface area contributed by atoms with Gasteiger partial charge in [-0.05, 0) is 38.1 Å². The second-order valence-electron chi connectivity index (χ2n) is 4.54. The Hall–Kier alpha value is -0.140. The molecule has 0 atom stereocenters. The highest BCUT2D eigenvalue weighted by atomic mass is 79.9. The van der Waals surface area contributed by atoms with Crippen LogP contribution in [0, 0.1) is 0 Å². The zero-order valence-electron chi connectivity index (χ0n) is 10.6. The van der Waals surface area contributed by atoms with E-state index in [1.807, 2.05) is 7.05 Å². The van der Waals surface area contributed by atoms with Gasteiger partial charge in [0.05, 0.1) is 5.02 Å². The SMILES string of the molecule is CNC1CCN(S(=O)(=O)c2cc(Br)ccc2Cl)CC1. The highest BCUT2D eigenvalue weighted by Gasteiger charge is 2.30. The van der Waals surface area contributed by atoms with Gasteiger partial charge in [0.2, 0.25) is 10.0 Å². The summed E-state index contributed by atoms with van der Waals surface area (Å²) in [5.74, 6) is 0. The van der Waals surface area contributed by atoms with Crippen molar-refractivity contribution in [1.82, 2.24) is 9.62 Å². The van der Waals surface area contributed by atoms with E-state index >= 15 is 0 Å². The first-order chi connectivity index (χ1) is 8.95. The van der Waals surface area contributed by atoms with Crippen molar-refractivity contribution in [2.75, 3.05) is 20.1 Å². The summed E-state index contributed by atoms with van der Waals surface area (Å²) in [6, 6.07) is 5.28. The van der Waals surface area contributed by atoms with E-state index in [1.165, 1.54) is 4.31 Å². The van der Waals surface area contributed by atoms with Gasteiger partial charge in [-0.2, -0.15) is 4.31 Å². The molecule has 1 fully saturated rings. The third-order valence-corrected chi connectivity index (χ3v) is 6.25. The maximum absolute atomic E-state index is 12.6. The van der Waals surface area contributed by atoms with E-state index in [4.69, 9.17) is 11.6 Å². The zero-order chi connectivity index (χ0) is 14.0. The van der Waals surface area contributed by atoms with Crippen molar-refractivity contribution >= 4 is 37.6 Å². The van der Waals surface area contributed by atoms with Crippen molar-refractivity contribution in [3.05, 3.63) is 27.7 Å². The van der Waals surface area contributed by atoms with Gasteiger partial charge in [-0.15, -0.1) is 0 Å². The van der Waals surface area contributed by atoms with Gasteiger partial charge >= 0.3 is 0 Å². The van der Waals surface area contributed by atoms with Crippen LogP contribution in [0.3, 0.4) is 0 Å². The number of sulfonamides is 1. The fourth-order valence-corrected chi connectivity index (χ4v) is 4.68. The molecule has 0 amide bonds. The Balaban J connectivity index is 2.26. The molecule has 0 aromatic heterocycles. The minimum absolute atomic E-state index is 0.173. The minimum atomic E-state index is -3.50. The van der Waals surface area contributed by atoms with Gasteiger partial charge < -0.3 is 5.32 Å². The Bertz CT molecular complexity index is 557. The number of benzene rings is 1. The maximum Gasteiger partial charge on any atom is 0.244 e. The van der Waals surface area contributed by atoms with E-state index < -0.39 is 10.0 Å². The first-order valence-corrected chi connectivity index (χ1v) is 8.68. The molecule has 0 unspecified atom stereocenters. The molecule has 0 radical (unpaired) electrons. The first kappa shape index (κ1) is 15.3. The zero-order valence-corrected chi connectivity index (χ0v) is 13.7. The lowest BCUT2D eigenvalue weighted by atomic mass is 10.1. The molecule has 0 saturated carbocycles. The number of piperidine rings is 1. The number of hydrogen-bond acceptors (Lipinski definition) is 3. The van der Waals surface area contributed by atoms with Gasteiger partial charge in [0, 0.05) is 23.6 Å². The summed E-state index contributed by atoms with van der Waals surface area (Å²) in [6.07, 6.45) is 1.64. The lowest BCUT2D eigenvalue weighted by Crippen LogP contribution is -2.43. The molecule has 0 spiro atoms. The van der Waals surface area contributed by atoms with Crippen LogP contribution < -0.4 is 5.32 Å². The molecule has 1 aliphatic rings. The van der Waals surface area contributed by atoms with E-state index in [0.29, 0.717) is 23.6 Å². The van der Waals surface area contributed by atoms with Crippen molar-refractivity contribution < 1.29 is 8.42 Å². The first-order valence-electron chi connectivity index (χ1n) is 6.07. The monoisotopic (exact) mass is 366 g/mol. The van der Waals surface area contributed by atoms with Crippen molar-refractivity contribution in [1.29, 1.82) is 0 Å². The van der Waals surface area contributed by atoms with Crippen LogP contribution in [-0.2, 0) is 10.0 Å². The molecule has 1 heterocycles. The van der Waals surface area contributed by atoms with Crippen LogP contribution in [0.1, 0.15) is 12.8 Å². The average Bonchev–Trinajstić information content (AvgIpc) is 2.41. The number of nitrogens with one attached hydrogen (secondary N) is 1. The molecule has 4 nitrogen and oxygen atoms in total. The van der Waals surface area contributed by atoms with E-state index in [0.717, 1.165) is 12.8 Å². The fraction of sp³-hybridized carbons (Fsp3) is 0.500. The second-order valence-corrected chi connectivity index (χ2v) is 7.77. The molecule has 1 saturated heterocycles. The number of hydrogen-bond donors (Lipinski definition) is 1. The van der Waals surface area contributed by atoms with Crippen LogP contribution in [0.4, 0.5) is 0 Å². The highest BCUT2D eigenvalue weighted by Crippen LogP contribution is 2.29. The lowest BCUT2D eigenvalue weighted by Gasteiger charge is -2.31. The molecule has 2 rings (SSSR count). The van der Waals surface area contributed by atoms with Gasteiger partial charge in [0.1, 0.15) is 4.90 Å². The van der Waals surface area contributed by atoms with E-state index in [2.05, 4.69) is 21.2 Å². The topological polar surface area (TPSA) is 49.4 Å². The van der Waals surface area contributed by atoms with Crippen molar-refractivity contribution in [3.63, 3.8) is 0 Å². The molecular formula is C12H16BrClN2O2S. The highest BCUT2D eigenvalue weighted by molar-refractivity contribution is 9.10. The average molecular weight is 368 g/mol. The summed E-state index contributed by atoms with van der Waals surface area (Å²) in [6.45, 7) is 1.05. The second kappa shape index (κ2) is 6.10. The number of rotatable bonds is 3. The van der Waals surface area contributed by atoms with Gasteiger partial charge in [-0.3, -0.25) is 0 Å². The minimum Gasteiger partial charge on any atom is -0.317 e. The van der Waals surface area contributed by atoms with Crippen molar-refractivity contribution in [2.45, 2.75) is 23.8 Å². The summed E-state index contributed by atoms with van der Waals surface area (Å²) < 4.78 is 27.3. The van der Waals surface area contributed by atoms with Crippen molar-refractivity contribution in [3.8, 4) is 0 Å². The molecule has 1 aromatic rings. The summed E-state index contributed by atoms with van der Waals surface area (Å²) in [5, 5.41) is 3.44. The molecule has 1 aromatic carbocycles. The Morgan fingerprint density at radius 1 is 1.37 bits per heavy atom. The van der Waals surface area contributed by atoms with Crippen LogP contribution >= 0.6 is 27.5 Å². The fourth-order valence-electron chi connectivity index (χ4n) is 2.20. The Labute approximate surface area is 127 Å². The largest absolute Gasteiger partial charge is 0.317 e. The predicted molar refractivity (Wildman–Crippen MR) is 80.0 cm³/mol. The molecule has 19 heavy (non-hydrogen) atoms. The Morgan fingerprint density at radius 3 is 2.58 bits per heavy atom. The summed E-state index contributed by atoms with van der Waals surface area (Å²) >= 11 is 9.30. The van der Waals surface area contributed by atoms with Crippen LogP contribution in [0.25, 0.3) is 0 Å². The molecule has 0 aliphatic carbocycles. The number of halogens is 2. The van der Waals surface area contributed by atoms with Gasteiger partial charge in [-0.25, -0.2) is 8.42 Å². The maximum atomic E-state index is 12.6. The van der Waals surface area contributed by atoms with Crippen LogP contribution in [-0.4, -0.2) is 38.9 Å². The quantitative estimate of drug-likeness (QED) is 0.893. The predicted octanol–water partition coefficient (Wildman–Crippen LogP) is 2.48. The smallest absolute Gasteiger partial charge is 0.244 e. The van der Waals surface area contributed by atoms with Crippen molar-refractivity contribution in [2.24, 2.45) is 0 Å². The Kier molecular flexibility index (Phi) is 4.89. The van der Waals surface area contributed by atoms with Crippen LogP contribution in [0.2, 0.25) is 5.02 Å². The standard InChI is InChI=1S/C12H16BrClN2O2S/c1-15-10-4-6-16(7-5-10)19(17,18)12-8-9(13)2-3-11(12)14/h2-3,8,10,15H,4-7H2,1H3. The van der Waals surface area contributed by atoms with E-state index in [1.54, 1.807) is 18.2 Å². The third kappa shape index (κ3) is 3.31. The third-order valence-electron chi connectivity index (χ3n) is 3.37. The molecule has 7 heteroatoms. The Morgan fingerprint density at radius 2 is 2.00 bits per heavy atom. The van der Waals surface area contributed by atoms with Gasteiger partial charge in [-0.1, -0.05) is 27.5 Å². The summed E-state index contributed by atoms with van der Waals surface area (Å²) in [5.41, 5.74) is 0. The van der Waals surface area contributed by atoms with Crippen LogP contribution in [0.5, 0.6) is 0 Å². The molecule has 1 N–H and O–H groups in total. The van der Waals surface area contributed by atoms with E-state index in [9.17, 15) is 8.42 Å². The molecule has 106 valence electrons. The molecule has 0 bridgehead atoms. The van der Waals surface area contributed by atoms with Gasteiger partial charge in [0.15, 0.2) is 0 Å². The molecule has 1 aliphatic heterocycles. The van der Waals surface area contributed by atoms with Gasteiger partial charge in [0.25, 0.3) is 0 Å². The molecular weight excluding hydrogens is 352 g/mol. The van der Waals surface area contributed by atoms with E-state index in [-0.39, 0.29) is 9.92 Å². The lowest BCUT2D eigenvalue weighted by molar-refractivity contribution is 0.298. The van der Waals surface area contributed by atoms with Crippen LogP contribution in [0.15, 0.2) is 27.6 Å². The summed E-state index contributed by atoms with van der Waals surface area (Å²) in [7, 11) is -1.60. The number of nitrogens with zero attached hydrogens (tertiary/aromatic N) is 1.